The summed E-state index contributed by atoms with van der Waals surface area (Å²) >= 11 is 0. The molecule has 0 aliphatic carbocycles. The Balaban J connectivity index is 2.11. The molecule has 5 N–H and O–H groups in total. The van der Waals surface area contributed by atoms with Crippen LogP contribution >= 0.6 is 0 Å². The number of nitrogens with two attached hydrogens (primary N) is 1. The molecular formula is C15H19N5O2. The second-order valence-corrected chi connectivity index (χ2v) is 4.44. The number of carbonyl (C=O) groups is 1. The van der Waals surface area contributed by atoms with E-state index in [0.717, 1.165) is 5.75 Å². The minimum absolute atomic E-state index is 0.204. The molecule has 7 nitrogen and oxygen atoms in total. The summed E-state index contributed by atoms with van der Waals surface area (Å²) < 4.78 is 5.35. The number of nitrogens with zero attached hydrogens (tertiary/aromatic N) is 1. The fraction of sp³-hybridized carbons (Fsp3) is 0.200. The summed E-state index contributed by atoms with van der Waals surface area (Å²) in [5.41, 5.74) is 6.68. The standard InChI is InChI=1S/C15H19N5O2/c1-3-9-17-14-12(13(16)19-20-14)15(21)18-10-5-7-11(8-6-10)22-4-2/h3,5-8H,1,4,9H2,2H3,(H,18,21)(H4,16,17,19,20). The maximum absolute atomic E-state index is 12.3. The minimum Gasteiger partial charge on any atom is -0.494 e. The molecule has 1 amide bonds. The Morgan fingerprint density at radius 3 is 2.82 bits per heavy atom. The SMILES string of the molecule is C=CCNc1n[nH]c(N)c1C(=O)Nc1ccc(OCC)cc1. The van der Waals surface area contributed by atoms with E-state index in [0.29, 0.717) is 24.7 Å². The lowest BCUT2D eigenvalue weighted by atomic mass is 10.2. The normalized spacial score (nSPS) is 10.0. The largest absolute Gasteiger partial charge is 0.494 e. The van der Waals surface area contributed by atoms with E-state index < -0.39 is 0 Å². The molecule has 0 spiro atoms. The Morgan fingerprint density at radius 2 is 2.18 bits per heavy atom. The number of hydrogen-bond acceptors (Lipinski definition) is 5. The number of nitrogens with one attached hydrogen (secondary N) is 3. The first kappa shape index (κ1) is 15.4. The van der Waals surface area contributed by atoms with Gasteiger partial charge in [0.2, 0.25) is 0 Å². The van der Waals surface area contributed by atoms with Crippen LogP contribution in [0.5, 0.6) is 5.75 Å². The number of aromatic amines is 1. The zero-order valence-corrected chi connectivity index (χ0v) is 12.3. The lowest BCUT2D eigenvalue weighted by molar-refractivity contribution is 0.102. The first-order valence-electron chi connectivity index (χ1n) is 6.88. The third-order valence-corrected chi connectivity index (χ3v) is 2.86. The number of anilines is 3. The van der Waals surface area contributed by atoms with Crippen LogP contribution in [0.4, 0.5) is 17.3 Å². The molecule has 0 unspecified atom stereocenters. The maximum atomic E-state index is 12.3. The highest BCUT2D eigenvalue weighted by molar-refractivity contribution is 6.10. The molecule has 0 aliphatic heterocycles. The van der Waals surface area contributed by atoms with Crippen molar-refractivity contribution in [2.75, 3.05) is 29.5 Å². The molecule has 0 radical (unpaired) electrons. The van der Waals surface area contributed by atoms with E-state index in [2.05, 4.69) is 27.4 Å². The molecule has 7 heteroatoms. The molecule has 1 aromatic carbocycles. The van der Waals surface area contributed by atoms with Gasteiger partial charge in [-0.3, -0.25) is 9.89 Å². The average Bonchev–Trinajstić information content (AvgIpc) is 2.88. The van der Waals surface area contributed by atoms with Gasteiger partial charge in [-0.05, 0) is 31.2 Å². The quantitative estimate of drug-likeness (QED) is 0.587. The molecule has 2 rings (SSSR count). The van der Waals surface area contributed by atoms with Crippen molar-refractivity contribution in [1.29, 1.82) is 0 Å². The van der Waals surface area contributed by atoms with E-state index in [9.17, 15) is 4.79 Å². The van der Waals surface area contributed by atoms with Crippen LogP contribution in [0.1, 0.15) is 17.3 Å². The Bertz CT molecular complexity index is 648. The first-order valence-corrected chi connectivity index (χ1v) is 6.88. The van der Waals surface area contributed by atoms with Crippen molar-refractivity contribution in [2.24, 2.45) is 0 Å². The molecule has 0 atom stereocenters. The number of rotatable bonds is 7. The van der Waals surface area contributed by atoms with Crippen LogP contribution in [-0.4, -0.2) is 29.3 Å². The van der Waals surface area contributed by atoms with Gasteiger partial charge in [0, 0.05) is 12.2 Å². The van der Waals surface area contributed by atoms with Gasteiger partial charge >= 0.3 is 0 Å². The van der Waals surface area contributed by atoms with Gasteiger partial charge < -0.3 is 21.1 Å². The lowest BCUT2D eigenvalue weighted by Crippen LogP contribution is -2.15. The van der Waals surface area contributed by atoms with E-state index in [4.69, 9.17) is 10.5 Å². The van der Waals surface area contributed by atoms with Crippen LogP contribution in [0.15, 0.2) is 36.9 Å². The number of hydrogen-bond donors (Lipinski definition) is 4. The Labute approximate surface area is 128 Å². The van der Waals surface area contributed by atoms with Gasteiger partial charge in [-0.1, -0.05) is 6.08 Å². The van der Waals surface area contributed by atoms with Gasteiger partial charge in [0.25, 0.3) is 5.91 Å². The number of nitrogen functional groups attached to an aromatic ring is 1. The zero-order valence-electron chi connectivity index (χ0n) is 12.3. The molecule has 0 fully saturated rings. The third kappa shape index (κ3) is 3.57. The smallest absolute Gasteiger partial charge is 0.263 e. The summed E-state index contributed by atoms with van der Waals surface area (Å²) in [6, 6.07) is 7.09. The van der Waals surface area contributed by atoms with E-state index in [1.807, 2.05) is 6.92 Å². The van der Waals surface area contributed by atoms with Crippen molar-refractivity contribution in [3.63, 3.8) is 0 Å². The summed E-state index contributed by atoms with van der Waals surface area (Å²) in [5, 5.41) is 12.3. The molecule has 22 heavy (non-hydrogen) atoms. The average molecular weight is 301 g/mol. The number of ether oxygens (including phenoxy) is 1. The summed E-state index contributed by atoms with van der Waals surface area (Å²) in [5.74, 6) is 0.995. The van der Waals surface area contributed by atoms with Crippen LogP contribution in [0, 0.1) is 0 Å². The maximum Gasteiger partial charge on any atom is 0.263 e. The monoisotopic (exact) mass is 301 g/mol. The van der Waals surface area contributed by atoms with Crippen LogP contribution < -0.4 is 21.1 Å². The molecule has 0 saturated carbocycles. The molecule has 0 bridgehead atoms. The van der Waals surface area contributed by atoms with Crippen LogP contribution in [-0.2, 0) is 0 Å². The predicted molar refractivity (Wildman–Crippen MR) is 87.3 cm³/mol. The topological polar surface area (TPSA) is 105 Å². The number of amides is 1. The highest BCUT2D eigenvalue weighted by atomic mass is 16.5. The summed E-state index contributed by atoms with van der Waals surface area (Å²) in [4.78, 5) is 12.3. The van der Waals surface area contributed by atoms with E-state index in [1.54, 1.807) is 30.3 Å². The summed E-state index contributed by atoms with van der Waals surface area (Å²) in [6.07, 6.45) is 1.67. The molecule has 1 aromatic heterocycles. The van der Waals surface area contributed by atoms with Crippen molar-refractivity contribution in [1.82, 2.24) is 10.2 Å². The zero-order chi connectivity index (χ0) is 15.9. The minimum atomic E-state index is -0.345. The molecule has 0 saturated heterocycles. The van der Waals surface area contributed by atoms with Crippen molar-refractivity contribution in [3.05, 3.63) is 42.5 Å². The van der Waals surface area contributed by atoms with Crippen molar-refractivity contribution < 1.29 is 9.53 Å². The van der Waals surface area contributed by atoms with E-state index in [-0.39, 0.29) is 17.3 Å². The fourth-order valence-electron chi connectivity index (χ4n) is 1.88. The molecule has 2 aromatic rings. The Hall–Kier alpha value is -2.96. The fourth-order valence-corrected chi connectivity index (χ4v) is 1.88. The van der Waals surface area contributed by atoms with Crippen molar-refractivity contribution in [3.8, 4) is 5.75 Å². The van der Waals surface area contributed by atoms with E-state index >= 15 is 0 Å². The second kappa shape index (κ2) is 7.16. The predicted octanol–water partition coefficient (Wildman–Crippen LogP) is 2.24. The highest BCUT2D eigenvalue weighted by Gasteiger charge is 2.18. The molecule has 0 aliphatic rings. The van der Waals surface area contributed by atoms with Gasteiger partial charge in [0.05, 0.1) is 6.61 Å². The van der Waals surface area contributed by atoms with Gasteiger partial charge in [-0.25, -0.2) is 0 Å². The lowest BCUT2D eigenvalue weighted by Gasteiger charge is -2.08. The van der Waals surface area contributed by atoms with Gasteiger partial charge in [-0.2, -0.15) is 5.10 Å². The van der Waals surface area contributed by atoms with Crippen molar-refractivity contribution in [2.45, 2.75) is 6.92 Å². The van der Waals surface area contributed by atoms with Crippen LogP contribution in [0.25, 0.3) is 0 Å². The summed E-state index contributed by atoms with van der Waals surface area (Å²) in [7, 11) is 0. The third-order valence-electron chi connectivity index (χ3n) is 2.86. The number of benzene rings is 1. The van der Waals surface area contributed by atoms with Gasteiger partial charge in [0.15, 0.2) is 5.82 Å². The van der Waals surface area contributed by atoms with Gasteiger partial charge in [0.1, 0.15) is 17.1 Å². The number of carbonyl (C=O) groups excluding carboxylic acids is 1. The van der Waals surface area contributed by atoms with Gasteiger partial charge in [-0.15, -0.1) is 6.58 Å². The Kier molecular flexibility index (Phi) is 5.02. The van der Waals surface area contributed by atoms with Crippen LogP contribution in [0.2, 0.25) is 0 Å². The molecule has 116 valence electrons. The Morgan fingerprint density at radius 1 is 1.45 bits per heavy atom. The number of H-pyrrole nitrogens is 1. The number of aromatic nitrogens is 2. The molecule has 1 heterocycles. The first-order chi connectivity index (χ1) is 10.7. The van der Waals surface area contributed by atoms with Crippen molar-refractivity contribution >= 4 is 23.2 Å². The second-order valence-electron chi connectivity index (χ2n) is 4.44. The van der Waals surface area contributed by atoms with E-state index in [1.165, 1.54) is 0 Å². The highest BCUT2D eigenvalue weighted by Crippen LogP contribution is 2.21. The molecular weight excluding hydrogens is 282 g/mol. The summed E-state index contributed by atoms with van der Waals surface area (Å²) in [6.45, 7) is 6.59. The van der Waals surface area contributed by atoms with Crippen LogP contribution in [0.3, 0.4) is 0 Å².